The van der Waals surface area contributed by atoms with E-state index in [2.05, 4.69) is 15.0 Å². The average Bonchev–Trinajstić information content (AvgIpc) is 3.16. The zero-order valence-corrected chi connectivity index (χ0v) is 14.5. The lowest BCUT2D eigenvalue weighted by Gasteiger charge is -2.06. The van der Waals surface area contributed by atoms with Gasteiger partial charge in [0.1, 0.15) is 0 Å². The molecule has 0 amide bonds. The molecule has 0 N–H and O–H groups in total. The third-order valence-corrected chi connectivity index (χ3v) is 4.28. The third-order valence-electron chi connectivity index (χ3n) is 4.00. The van der Waals surface area contributed by atoms with Crippen LogP contribution < -0.4 is 0 Å². The van der Waals surface area contributed by atoms with Crippen LogP contribution in [0.25, 0.3) is 22.2 Å². The average molecular weight is 367 g/mol. The van der Waals surface area contributed by atoms with Crippen LogP contribution >= 0.6 is 11.6 Å². The number of carbonyl (C=O) groups excluding carboxylic acids is 1. The van der Waals surface area contributed by atoms with E-state index in [0.717, 1.165) is 16.6 Å². The number of aryl methyl sites for hydroxylation is 1. The Morgan fingerprint density at radius 1 is 1.19 bits per heavy atom. The van der Waals surface area contributed by atoms with E-state index in [9.17, 15) is 4.79 Å². The van der Waals surface area contributed by atoms with Crippen molar-refractivity contribution < 1.29 is 10.3 Å². The number of rotatable bonds is 4. The van der Waals surface area contributed by atoms with Crippen molar-refractivity contribution in [3.8, 4) is 11.3 Å². The Bertz CT molecular complexity index is 1290. The van der Waals surface area contributed by atoms with Crippen molar-refractivity contribution in [2.24, 2.45) is 7.05 Å². The minimum Gasteiger partial charge on any atom is -0.334 e. The Balaban J connectivity index is 1.71. The summed E-state index contributed by atoms with van der Waals surface area (Å²) in [5.74, 6) is -0.533. The van der Waals surface area contributed by atoms with E-state index in [-0.39, 0.29) is 17.0 Å². The van der Waals surface area contributed by atoms with Crippen LogP contribution in [0.5, 0.6) is 0 Å². The summed E-state index contributed by atoms with van der Waals surface area (Å²) in [6.45, 7) is 0. The van der Waals surface area contributed by atoms with Gasteiger partial charge in [0.25, 0.3) is 0 Å². The summed E-state index contributed by atoms with van der Waals surface area (Å²) in [6.07, 6.45) is 6.56. The van der Waals surface area contributed by atoms with Crippen LogP contribution in [0.4, 0.5) is 0 Å². The van der Waals surface area contributed by atoms with Gasteiger partial charge in [0.05, 0.1) is 46.9 Å². The minimum absolute atomic E-state index is 0.159. The summed E-state index contributed by atoms with van der Waals surface area (Å²) in [5, 5.41) is 0.500. The zero-order chi connectivity index (χ0) is 21.6. The molecule has 0 aliphatic rings. The molecule has 0 saturated carbocycles. The van der Waals surface area contributed by atoms with Crippen molar-refractivity contribution in [1.29, 1.82) is 0 Å². The number of Topliss-reactive ketones (excluding diaryl/α,β-unsaturated/α-hetero) is 1. The van der Waals surface area contributed by atoms with Crippen molar-refractivity contribution >= 4 is 28.3 Å². The van der Waals surface area contributed by atoms with Crippen LogP contribution in [0.2, 0.25) is 5.02 Å². The van der Waals surface area contributed by atoms with Crippen LogP contribution in [0.3, 0.4) is 0 Å². The Morgan fingerprint density at radius 2 is 2.04 bits per heavy atom. The molecule has 5 nitrogen and oxygen atoms in total. The van der Waals surface area contributed by atoms with Gasteiger partial charge in [0.2, 0.25) is 0 Å². The van der Waals surface area contributed by atoms with Gasteiger partial charge >= 0.3 is 0 Å². The molecule has 0 aliphatic heterocycles. The summed E-state index contributed by atoms with van der Waals surface area (Å²) in [4.78, 5) is 25.6. The van der Waals surface area contributed by atoms with Gasteiger partial charge < -0.3 is 4.57 Å². The minimum atomic E-state index is -0.533. The van der Waals surface area contributed by atoms with Crippen LogP contribution in [0.1, 0.15) is 21.5 Å². The second-order valence-corrected chi connectivity index (χ2v) is 6.15. The summed E-state index contributed by atoms with van der Waals surface area (Å²) >= 11 is 6.05. The van der Waals surface area contributed by atoms with Gasteiger partial charge in [-0.1, -0.05) is 23.7 Å². The molecule has 6 heteroatoms. The lowest BCUT2D eigenvalue weighted by molar-refractivity contribution is 0.0992. The number of aromatic nitrogens is 4. The van der Waals surface area contributed by atoms with Gasteiger partial charge in [0, 0.05) is 35.5 Å². The second kappa shape index (κ2) is 6.69. The molecule has 4 rings (SSSR count). The predicted octanol–water partition coefficient (Wildman–Crippen LogP) is 4.11. The number of ketones is 1. The topological polar surface area (TPSA) is 60.7 Å². The molecule has 0 unspecified atom stereocenters. The van der Waals surface area contributed by atoms with E-state index in [1.54, 1.807) is 31.0 Å². The lowest BCUT2D eigenvalue weighted by Crippen LogP contribution is -2.05. The highest BCUT2D eigenvalue weighted by atomic mass is 35.5. The SMILES string of the molecule is [2H]c1c([2H])c([2H])c(C(=O)Cc2cc3cc(-c4cncn4C)cnc3cn2)c(Cl)c1[2H]. The number of imidazole rings is 1. The first kappa shape index (κ1) is 12.3. The lowest BCUT2D eigenvalue weighted by atomic mass is 10.0. The number of halogens is 1. The standard InChI is InChI=1S/C20H15ClN4O/c1-25-12-22-11-19(25)14-6-13-7-15(23-10-18(13)24-9-14)8-20(26)16-4-2-3-5-17(16)21/h2-7,9-12H,8H2,1H3/i2D,3D,4D,5D. The maximum Gasteiger partial charge on any atom is 0.170 e. The van der Waals surface area contributed by atoms with E-state index in [4.69, 9.17) is 17.1 Å². The molecule has 3 heterocycles. The smallest absolute Gasteiger partial charge is 0.170 e. The number of fused-ring (bicyclic) bond motifs is 1. The van der Waals surface area contributed by atoms with Crippen LogP contribution in [0.15, 0.2) is 61.2 Å². The van der Waals surface area contributed by atoms with Crippen molar-refractivity contribution in [3.05, 3.63) is 77.5 Å². The molecule has 4 aromatic rings. The predicted molar refractivity (Wildman–Crippen MR) is 101 cm³/mol. The molecule has 1 aromatic carbocycles. The molecule has 0 bridgehead atoms. The van der Waals surface area contributed by atoms with Gasteiger partial charge in [-0.05, 0) is 24.2 Å². The highest BCUT2D eigenvalue weighted by Gasteiger charge is 2.12. The molecular weight excluding hydrogens is 348 g/mol. The molecule has 0 atom stereocenters. The van der Waals surface area contributed by atoms with E-state index >= 15 is 0 Å². The molecule has 0 saturated heterocycles. The van der Waals surface area contributed by atoms with Crippen molar-refractivity contribution in [2.45, 2.75) is 6.42 Å². The normalized spacial score (nSPS) is 13.2. The van der Waals surface area contributed by atoms with Crippen LogP contribution in [-0.2, 0) is 13.5 Å². The van der Waals surface area contributed by atoms with E-state index in [1.165, 1.54) is 0 Å². The number of nitrogens with zero attached hydrogens (tertiary/aromatic N) is 4. The zero-order valence-electron chi connectivity index (χ0n) is 17.7. The molecular formula is C20H15ClN4O. The fraction of sp³-hybridized carbons (Fsp3) is 0.100. The highest BCUT2D eigenvalue weighted by molar-refractivity contribution is 6.34. The summed E-state index contributed by atoms with van der Waals surface area (Å²) < 4.78 is 33.1. The quantitative estimate of drug-likeness (QED) is 0.510. The van der Waals surface area contributed by atoms with E-state index < -0.39 is 30.0 Å². The van der Waals surface area contributed by atoms with E-state index in [0.29, 0.717) is 11.2 Å². The van der Waals surface area contributed by atoms with Gasteiger partial charge in [-0.3, -0.25) is 14.8 Å². The third kappa shape index (κ3) is 3.09. The van der Waals surface area contributed by atoms with Gasteiger partial charge in [-0.25, -0.2) is 4.98 Å². The Kier molecular flexibility index (Phi) is 3.17. The first-order chi connectivity index (χ1) is 14.3. The number of pyridine rings is 2. The molecule has 26 heavy (non-hydrogen) atoms. The molecule has 3 aromatic heterocycles. The fourth-order valence-electron chi connectivity index (χ4n) is 2.69. The van der Waals surface area contributed by atoms with Gasteiger partial charge in [-0.15, -0.1) is 0 Å². The van der Waals surface area contributed by atoms with Crippen molar-refractivity contribution in [3.63, 3.8) is 0 Å². The first-order valence-corrected chi connectivity index (χ1v) is 8.16. The maximum absolute atomic E-state index is 12.8. The van der Waals surface area contributed by atoms with Crippen LogP contribution in [0, 0.1) is 0 Å². The van der Waals surface area contributed by atoms with Crippen molar-refractivity contribution in [1.82, 2.24) is 19.5 Å². The summed E-state index contributed by atoms with van der Waals surface area (Å²) in [5.41, 5.74) is 2.64. The summed E-state index contributed by atoms with van der Waals surface area (Å²) in [6, 6.07) is 1.81. The molecule has 0 radical (unpaired) electrons. The second-order valence-electron chi connectivity index (χ2n) is 5.77. The molecule has 0 fully saturated rings. The fourth-order valence-corrected chi connectivity index (χ4v) is 2.89. The largest absolute Gasteiger partial charge is 0.334 e. The Hall–Kier alpha value is -3.05. The monoisotopic (exact) mass is 366 g/mol. The van der Waals surface area contributed by atoms with Crippen LogP contribution in [-0.4, -0.2) is 25.3 Å². The number of carbonyl (C=O) groups is 1. The number of benzene rings is 1. The molecule has 0 spiro atoms. The highest BCUT2D eigenvalue weighted by Crippen LogP contribution is 2.23. The van der Waals surface area contributed by atoms with E-state index in [1.807, 2.05) is 17.7 Å². The summed E-state index contributed by atoms with van der Waals surface area (Å²) in [7, 11) is 1.88. The van der Waals surface area contributed by atoms with Crippen molar-refractivity contribution in [2.75, 3.05) is 0 Å². The molecule has 0 aliphatic carbocycles. The Morgan fingerprint density at radius 3 is 2.85 bits per heavy atom. The van der Waals surface area contributed by atoms with Gasteiger partial charge in [0.15, 0.2) is 5.78 Å². The first-order valence-electron chi connectivity index (χ1n) is 9.78. The molecule has 128 valence electrons. The number of hydrogen-bond acceptors (Lipinski definition) is 4. The van der Waals surface area contributed by atoms with Gasteiger partial charge in [-0.2, -0.15) is 0 Å². The number of hydrogen-bond donors (Lipinski definition) is 0. The Labute approximate surface area is 160 Å². The maximum atomic E-state index is 12.8.